The number of hydrogen-bond donors (Lipinski definition) is 2. The Morgan fingerprint density at radius 3 is 2.84 bits per heavy atom. The molecule has 0 unspecified atom stereocenters. The summed E-state index contributed by atoms with van der Waals surface area (Å²) in [7, 11) is 3.88. The van der Waals surface area contributed by atoms with E-state index < -0.39 is 0 Å². The van der Waals surface area contributed by atoms with Crippen molar-refractivity contribution in [1.29, 1.82) is 0 Å². The van der Waals surface area contributed by atoms with Crippen LogP contribution in [-0.4, -0.2) is 30.2 Å². The summed E-state index contributed by atoms with van der Waals surface area (Å²) in [5.74, 6) is 0.898. The maximum atomic E-state index is 11.4. The first kappa shape index (κ1) is 12.2. The van der Waals surface area contributed by atoms with Gasteiger partial charge in [-0.1, -0.05) is 6.07 Å². The van der Waals surface area contributed by atoms with E-state index in [1.165, 1.54) is 0 Å². The molecule has 0 atom stereocenters. The molecule has 5 nitrogen and oxygen atoms in total. The largest absolute Gasteiger partial charge is 0.360 e. The monoisotopic (exact) mass is 320 g/mol. The maximum absolute atomic E-state index is 11.4. The fourth-order valence-electron chi connectivity index (χ4n) is 2.19. The van der Waals surface area contributed by atoms with Gasteiger partial charge in [-0.3, -0.25) is 9.89 Å². The van der Waals surface area contributed by atoms with Gasteiger partial charge in [-0.25, -0.2) is 0 Å². The van der Waals surface area contributed by atoms with Gasteiger partial charge in [0.15, 0.2) is 5.82 Å². The van der Waals surface area contributed by atoms with E-state index >= 15 is 0 Å². The van der Waals surface area contributed by atoms with Crippen molar-refractivity contribution >= 4 is 33.3 Å². The fourth-order valence-corrected chi connectivity index (χ4v) is 2.95. The highest BCUT2D eigenvalue weighted by atomic mass is 79.9. The third-order valence-corrected chi connectivity index (χ3v) is 3.88. The van der Waals surface area contributed by atoms with Crippen LogP contribution in [0.3, 0.4) is 0 Å². The number of H-pyrrole nitrogens is 1. The highest BCUT2D eigenvalue weighted by Crippen LogP contribution is 2.35. The molecule has 19 heavy (non-hydrogen) atoms. The molecule has 0 aliphatic carbocycles. The van der Waals surface area contributed by atoms with E-state index in [1.807, 2.05) is 37.2 Å². The summed E-state index contributed by atoms with van der Waals surface area (Å²) >= 11 is 3.56. The van der Waals surface area contributed by atoms with Crippen molar-refractivity contribution < 1.29 is 4.79 Å². The Labute approximate surface area is 119 Å². The SMILES string of the molecule is CN(C)c1n[nH]c(-c2ccc3c(c2)CC(=O)N3)c1Br. The van der Waals surface area contributed by atoms with Gasteiger partial charge in [0.25, 0.3) is 0 Å². The lowest BCUT2D eigenvalue weighted by Crippen LogP contribution is -2.09. The molecule has 0 radical (unpaired) electrons. The predicted octanol–water partition coefficient (Wildman–Crippen LogP) is 2.40. The Bertz CT molecular complexity index is 663. The van der Waals surface area contributed by atoms with Crippen molar-refractivity contribution in [3.05, 3.63) is 28.2 Å². The number of nitrogens with zero attached hydrogens (tertiary/aromatic N) is 2. The number of aromatic nitrogens is 2. The highest BCUT2D eigenvalue weighted by Gasteiger charge is 2.20. The molecule has 2 heterocycles. The standard InChI is InChI=1S/C13H13BrN4O/c1-18(2)13-11(14)12(16-17-13)7-3-4-9-8(5-7)6-10(19)15-9/h3-5H,6H2,1-2H3,(H,15,19)(H,16,17). The van der Waals surface area contributed by atoms with E-state index in [-0.39, 0.29) is 5.91 Å². The van der Waals surface area contributed by atoms with E-state index in [0.717, 1.165) is 32.8 Å². The van der Waals surface area contributed by atoms with Crippen molar-refractivity contribution in [2.45, 2.75) is 6.42 Å². The zero-order chi connectivity index (χ0) is 13.6. The lowest BCUT2D eigenvalue weighted by Gasteiger charge is -2.08. The summed E-state index contributed by atoms with van der Waals surface area (Å²) in [6.45, 7) is 0. The van der Waals surface area contributed by atoms with E-state index in [4.69, 9.17) is 0 Å². The minimum absolute atomic E-state index is 0.0461. The minimum atomic E-state index is 0.0461. The summed E-state index contributed by atoms with van der Waals surface area (Å²) in [6.07, 6.45) is 0.440. The lowest BCUT2D eigenvalue weighted by molar-refractivity contribution is -0.115. The number of rotatable bonds is 2. The number of fused-ring (bicyclic) bond motifs is 1. The second-order valence-electron chi connectivity index (χ2n) is 4.73. The number of anilines is 2. The number of hydrogen-bond acceptors (Lipinski definition) is 3. The number of aromatic amines is 1. The van der Waals surface area contributed by atoms with Gasteiger partial charge < -0.3 is 10.2 Å². The summed E-state index contributed by atoms with van der Waals surface area (Å²) in [4.78, 5) is 13.3. The topological polar surface area (TPSA) is 61.0 Å². The number of benzene rings is 1. The number of halogens is 1. The molecule has 0 saturated carbocycles. The Hall–Kier alpha value is -1.82. The molecule has 0 bridgehead atoms. The average Bonchev–Trinajstić information content (AvgIpc) is 2.89. The molecular formula is C13H13BrN4O. The van der Waals surface area contributed by atoms with Gasteiger partial charge in [0.05, 0.1) is 16.6 Å². The Morgan fingerprint density at radius 2 is 2.16 bits per heavy atom. The molecule has 1 aliphatic heterocycles. The highest BCUT2D eigenvalue weighted by molar-refractivity contribution is 9.10. The Morgan fingerprint density at radius 1 is 1.37 bits per heavy atom. The molecule has 2 aromatic rings. The molecule has 0 fully saturated rings. The zero-order valence-corrected chi connectivity index (χ0v) is 12.2. The van der Waals surface area contributed by atoms with Gasteiger partial charge in [-0.15, -0.1) is 0 Å². The van der Waals surface area contributed by atoms with Crippen molar-refractivity contribution in [1.82, 2.24) is 10.2 Å². The smallest absolute Gasteiger partial charge is 0.228 e. The predicted molar refractivity (Wildman–Crippen MR) is 78.4 cm³/mol. The summed E-state index contributed by atoms with van der Waals surface area (Å²) in [5.41, 5.74) is 3.86. The molecule has 2 N–H and O–H groups in total. The first-order valence-electron chi connectivity index (χ1n) is 5.90. The van der Waals surface area contributed by atoms with E-state index in [0.29, 0.717) is 6.42 Å². The van der Waals surface area contributed by atoms with Crippen molar-refractivity contribution in [3.63, 3.8) is 0 Å². The maximum Gasteiger partial charge on any atom is 0.228 e. The van der Waals surface area contributed by atoms with Gasteiger partial charge in [-0.2, -0.15) is 5.10 Å². The van der Waals surface area contributed by atoms with Crippen LogP contribution in [0.2, 0.25) is 0 Å². The first-order chi connectivity index (χ1) is 9.06. The molecule has 0 spiro atoms. The fraction of sp³-hybridized carbons (Fsp3) is 0.231. The van der Waals surface area contributed by atoms with E-state index in [1.54, 1.807) is 0 Å². The second-order valence-corrected chi connectivity index (χ2v) is 5.52. The van der Waals surface area contributed by atoms with Gasteiger partial charge in [0.2, 0.25) is 5.91 Å². The van der Waals surface area contributed by atoms with Gasteiger partial charge in [0.1, 0.15) is 0 Å². The molecule has 1 aromatic carbocycles. The van der Waals surface area contributed by atoms with Crippen LogP contribution in [0.1, 0.15) is 5.56 Å². The Kier molecular flexibility index (Phi) is 2.82. The van der Waals surface area contributed by atoms with Gasteiger partial charge in [-0.05, 0) is 33.6 Å². The van der Waals surface area contributed by atoms with Crippen LogP contribution >= 0.6 is 15.9 Å². The van der Waals surface area contributed by atoms with Crippen LogP contribution in [0.5, 0.6) is 0 Å². The van der Waals surface area contributed by atoms with Crippen molar-refractivity contribution in [2.24, 2.45) is 0 Å². The van der Waals surface area contributed by atoms with Crippen molar-refractivity contribution in [3.8, 4) is 11.3 Å². The molecule has 3 rings (SSSR count). The normalized spacial score (nSPS) is 13.3. The van der Waals surface area contributed by atoms with Crippen LogP contribution in [0.15, 0.2) is 22.7 Å². The first-order valence-corrected chi connectivity index (χ1v) is 6.70. The zero-order valence-electron chi connectivity index (χ0n) is 10.6. The summed E-state index contributed by atoms with van der Waals surface area (Å²) in [5, 5.41) is 10.1. The molecule has 98 valence electrons. The van der Waals surface area contributed by atoms with Gasteiger partial charge in [0, 0.05) is 25.3 Å². The molecular weight excluding hydrogens is 308 g/mol. The van der Waals surface area contributed by atoms with Crippen molar-refractivity contribution in [2.75, 3.05) is 24.3 Å². The summed E-state index contributed by atoms with van der Waals surface area (Å²) < 4.78 is 0.926. The van der Waals surface area contributed by atoms with Gasteiger partial charge >= 0.3 is 0 Å². The van der Waals surface area contributed by atoms with E-state index in [9.17, 15) is 4.79 Å². The number of carbonyl (C=O) groups excluding carboxylic acids is 1. The van der Waals surface area contributed by atoms with Crippen LogP contribution in [0.25, 0.3) is 11.3 Å². The lowest BCUT2D eigenvalue weighted by atomic mass is 10.1. The third kappa shape index (κ3) is 2.02. The van der Waals surface area contributed by atoms with E-state index in [2.05, 4.69) is 31.4 Å². The second kappa shape index (κ2) is 4.38. The van der Waals surface area contributed by atoms with Crippen LogP contribution < -0.4 is 10.2 Å². The minimum Gasteiger partial charge on any atom is -0.360 e. The third-order valence-electron chi connectivity index (χ3n) is 3.13. The Balaban J connectivity index is 2.04. The van der Waals surface area contributed by atoms with Crippen LogP contribution in [0, 0.1) is 0 Å². The average molecular weight is 321 g/mol. The number of nitrogens with one attached hydrogen (secondary N) is 2. The van der Waals surface area contributed by atoms with Crippen LogP contribution in [0.4, 0.5) is 11.5 Å². The molecule has 0 saturated heterocycles. The quantitative estimate of drug-likeness (QED) is 0.893. The van der Waals surface area contributed by atoms with Crippen LogP contribution in [-0.2, 0) is 11.2 Å². The number of amides is 1. The molecule has 6 heteroatoms. The molecule has 1 aliphatic rings. The summed E-state index contributed by atoms with van der Waals surface area (Å²) in [6, 6.07) is 5.92. The number of carbonyl (C=O) groups is 1. The molecule has 1 amide bonds. The molecule has 1 aromatic heterocycles.